The Morgan fingerprint density at radius 2 is 2.00 bits per heavy atom. The van der Waals surface area contributed by atoms with Crippen LogP contribution in [-0.4, -0.2) is 20.6 Å². The number of anilines is 1. The quantitative estimate of drug-likeness (QED) is 0.515. The molecule has 0 aliphatic carbocycles. The third-order valence-corrected chi connectivity index (χ3v) is 2.75. The average Bonchev–Trinajstić information content (AvgIpc) is 2.84. The van der Waals surface area contributed by atoms with Crippen LogP contribution in [0.5, 0.6) is 0 Å². The maximum Gasteiger partial charge on any atom is 0.301 e. The van der Waals surface area contributed by atoms with E-state index in [1.165, 1.54) is 18.3 Å². The number of nitrogens with zero attached hydrogens (tertiary/aromatic N) is 4. The van der Waals surface area contributed by atoms with Crippen molar-refractivity contribution in [2.24, 2.45) is 12.1 Å². The highest BCUT2D eigenvalue weighted by molar-refractivity contribution is 5.78. The molecule has 0 amide bonds. The third kappa shape index (κ3) is 3.21. The molecule has 0 spiro atoms. The number of nitro benzene ring substituents is 2. The fourth-order valence-corrected chi connectivity index (χ4v) is 1.66. The summed E-state index contributed by atoms with van der Waals surface area (Å²) in [4.78, 5) is 20.2. The molecule has 9 nitrogen and oxygen atoms in total. The number of rotatable bonds is 5. The molecule has 21 heavy (non-hydrogen) atoms. The first-order chi connectivity index (χ1) is 9.99. The summed E-state index contributed by atoms with van der Waals surface area (Å²) in [5.74, 6) is 0. The van der Waals surface area contributed by atoms with Gasteiger partial charge in [0.25, 0.3) is 5.69 Å². The first-order valence-electron chi connectivity index (χ1n) is 5.82. The van der Waals surface area contributed by atoms with Crippen molar-refractivity contribution >= 4 is 23.3 Å². The molecular weight excluding hydrogens is 278 g/mol. The van der Waals surface area contributed by atoms with Crippen LogP contribution in [0.3, 0.4) is 0 Å². The maximum atomic E-state index is 10.9. The van der Waals surface area contributed by atoms with Gasteiger partial charge in [0.1, 0.15) is 5.69 Å². The normalized spacial score (nSPS) is 10.7. The summed E-state index contributed by atoms with van der Waals surface area (Å²) in [6.07, 6.45) is 3.32. The van der Waals surface area contributed by atoms with Gasteiger partial charge in [-0.15, -0.1) is 0 Å². The van der Waals surface area contributed by atoms with Gasteiger partial charge in [-0.1, -0.05) is 0 Å². The molecule has 0 unspecified atom stereocenters. The van der Waals surface area contributed by atoms with Crippen molar-refractivity contribution in [2.45, 2.75) is 0 Å². The summed E-state index contributed by atoms with van der Waals surface area (Å²) in [5, 5.41) is 25.4. The molecule has 0 fully saturated rings. The minimum absolute atomic E-state index is 0.0797. The standard InChI is InChI=1S/C12H11N5O4/c1-15-6-2-3-10(15)8-13-14-11-5-4-9(16(18)19)7-12(11)17(20)21/h2-8,14H,1H3/b13-8-. The van der Waals surface area contributed by atoms with Crippen LogP contribution < -0.4 is 5.43 Å². The molecule has 2 rings (SSSR count). The average molecular weight is 289 g/mol. The topological polar surface area (TPSA) is 116 Å². The van der Waals surface area contributed by atoms with Crippen LogP contribution in [-0.2, 0) is 7.05 Å². The number of aromatic nitrogens is 1. The Balaban J connectivity index is 2.23. The van der Waals surface area contributed by atoms with Crippen LogP contribution >= 0.6 is 0 Å². The number of hydrogen-bond donors (Lipinski definition) is 1. The van der Waals surface area contributed by atoms with Crippen molar-refractivity contribution in [1.82, 2.24) is 4.57 Å². The zero-order chi connectivity index (χ0) is 15.4. The van der Waals surface area contributed by atoms with Gasteiger partial charge in [0.2, 0.25) is 0 Å². The molecule has 0 aliphatic rings. The number of benzene rings is 1. The lowest BCUT2D eigenvalue weighted by Crippen LogP contribution is -2.00. The molecule has 2 aromatic rings. The molecule has 9 heteroatoms. The fourth-order valence-electron chi connectivity index (χ4n) is 1.66. The monoisotopic (exact) mass is 289 g/mol. The number of nitrogens with one attached hydrogen (secondary N) is 1. The highest BCUT2D eigenvalue weighted by atomic mass is 16.6. The van der Waals surface area contributed by atoms with E-state index in [0.717, 1.165) is 11.8 Å². The second-order valence-corrected chi connectivity index (χ2v) is 4.13. The number of nitro groups is 2. The van der Waals surface area contributed by atoms with Crippen molar-refractivity contribution < 1.29 is 9.85 Å². The molecular formula is C12H11N5O4. The van der Waals surface area contributed by atoms with E-state index in [1.807, 2.05) is 29.9 Å². The van der Waals surface area contributed by atoms with Crippen LogP contribution in [0.4, 0.5) is 17.1 Å². The third-order valence-electron chi connectivity index (χ3n) is 2.75. The summed E-state index contributed by atoms with van der Waals surface area (Å²) in [7, 11) is 1.83. The van der Waals surface area contributed by atoms with Gasteiger partial charge < -0.3 is 4.57 Å². The molecule has 0 saturated carbocycles. The summed E-state index contributed by atoms with van der Waals surface area (Å²) in [5.41, 5.74) is 2.64. The number of hydrazone groups is 1. The Kier molecular flexibility index (Phi) is 3.93. The van der Waals surface area contributed by atoms with Crippen molar-refractivity contribution in [3.05, 3.63) is 62.5 Å². The predicted molar refractivity (Wildman–Crippen MR) is 76.4 cm³/mol. The number of aryl methyl sites for hydroxylation is 1. The molecule has 1 N–H and O–H groups in total. The predicted octanol–water partition coefficient (Wildman–Crippen LogP) is 2.29. The van der Waals surface area contributed by atoms with E-state index < -0.39 is 15.5 Å². The van der Waals surface area contributed by atoms with Gasteiger partial charge >= 0.3 is 5.69 Å². The Bertz CT molecular complexity index is 722. The van der Waals surface area contributed by atoms with Gasteiger partial charge in [0.15, 0.2) is 0 Å². The lowest BCUT2D eigenvalue weighted by atomic mass is 10.2. The molecule has 1 aromatic heterocycles. The number of non-ortho nitro benzene ring substituents is 1. The van der Waals surface area contributed by atoms with E-state index in [2.05, 4.69) is 10.5 Å². The summed E-state index contributed by atoms with van der Waals surface area (Å²) < 4.78 is 1.81. The van der Waals surface area contributed by atoms with E-state index in [4.69, 9.17) is 0 Å². The van der Waals surface area contributed by atoms with E-state index >= 15 is 0 Å². The lowest BCUT2D eigenvalue weighted by molar-refractivity contribution is -0.393. The van der Waals surface area contributed by atoms with Gasteiger partial charge in [-0.3, -0.25) is 25.7 Å². The van der Waals surface area contributed by atoms with E-state index in [1.54, 1.807) is 0 Å². The minimum atomic E-state index is -0.701. The van der Waals surface area contributed by atoms with Gasteiger partial charge in [0.05, 0.1) is 27.8 Å². The summed E-state index contributed by atoms with van der Waals surface area (Å²) in [6.45, 7) is 0. The smallest absolute Gasteiger partial charge is 0.301 e. The highest BCUT2D eigenvalue weighted by Crippen LogP contribution is 2.28. The molecule has 0 bridgehead atoms. The van der Waals surface area contributed by atoms with Gasteiger partial charge in [-0.05, 0) is 18.2 Å². The molecule has 1 aromatic carbocycles. The van der Waals surface area contributed by atoms with Crippen molar-refractivity contribution in [3.8, 4) is 0 Å². The first kappa shape index (κ1) is 14.2. The van der Waals surface area contributed by atoms with E-state index in [9.17, 15) is 20.2 Å². The van der Waals surface area contributed by atoms with E-state index in [0.29, 0.717) is 0 Å². The second-order valence-electron chi connectivity index (χ2n) is 4.13. The summed E-state index contributed by atoms with van der Waals surface area (Å²) in [6, 6.07) is 6.96. The summed E-state index contributed by atoms with van der Waals surface area (Å²) >= 11 is 0. The van der Waals surface area contributed by atoms with Crippen molar-refractivity contribution in [3.63, 3.8) is 0 Å². The van der Waals surface area contributed by atoms with Crippen molar-refractivity contribution in [2.75, 3.05) is 5.43 Å². The van der Waals surface area contributed by atoms with Gasteiger partial charge in [-0.2, -0.15) is 5.10 Å². The maximum absolute atomic E-state index is 10.9. The fraction of sp³-hybridized carbons (Fsp3) is 0.0833. The highest BCUT2D eigenvalue weighted by Gasteiger charge is 2.18. The zero-order valence-electron chi connectivity index (χ0n) is 11.0. The Labute approximate surface area is 118 Å². The Hall–Kier alpha value is -3.23. The Morgan fingerprint density at radius 1 is 1.24 bits per heavy atom. The van der Waals surface area contributed by atoms with E-state index in [-0.39, 0.29) is 11.4 Å². The molecule has 0 aliphatic heterocycles. The van der Waals surface area contributed by atoms with Crippen LogP contribution in [0, 0.1) is 20.2 Å². The zero-order valence-corrected chi connectivity index (χ0v) is 11.0. The molecule has 0 saturated heterocycles. The van der Waals surface area contributed by atoms with Gasteiger partial charge in [-0.25, -0.2) is 0 Å². The Morgan fingerprint density at radius 3 is 2.57 bits per heavy atom. The minimum Gasteiger partial charge on any atom is -0.350 e. The largest absolute Gasteiger partial charge is 0.350 e. The SMILES string of the molecule is Cn1cccc1/C=N\Nc1ccc([N+](=O)[O-])cc1[N+](=O)[O-]. The van der Waals surface area contributed by atoms with Crippen molar-refractivity contribution in [1.29, 1.82) is 0 Å². The van der Waals surface area contributed by atoms with Crippen LogP contribution in [0.1, 0.15) is 5.69 Å². The number of hydrogen-bond acceptors (Lipinski definition) is 6. The molecule has 108 valence electrons. The van der Waals surface area contributed by atoms with Crippen LogP contribution in [0.2, 0.25) is 0 Å². The molecule has 0 radical (unpaired) electrons. The molecule has 0 atom stereocenters. The lowest BCUT2D eigenvalue weighted by Gasteiger charge is -2.02. The second kappa shape index (κ2) is 5.82. The van der Waals surface area contributed by atoms with Crippen LogP contribution in [0.25, 0.3) is 0 Å². The molecule has 1 heterocycles. The van der Waals surface area contributed by atoms with Crippen LogP contribution in [0.15, 0.2) is 41.6 Å². The van der Waals surface area contributed by atoms with Gasteiger partial charge in [0, 0.05) is 19.3 Å². The first-order valence-corrected chi connectivity index (χ1v) is 5.82.